The van der Waals surface area contributed by atoms with E-state index < -0.39 is 0 Å². The maximum Gasteiger partial charge on any atom is 0.226 e. The highest BCUT2D eigenvalue weighted by atomic mass is 35.5. The van der Waals surface area contributed by atoms with E-state index in [2.05, 4.69) is 5.32 Å². The van der Waals surface area contributed by atoms with Crippen LogP contribution in [0.15, 0.2) is 18.2 Å². The second-order valence-electron chi connectivity index (χ2n) is 6.63. The fourth-order valence-corrected chi connectivity index (χ4v) is 3.03. The van der Waals surface area contributed by atoms with Gasteiger partial charge in [0, 0.05) is 26.2 Å². The Bertz CT molecular complexity index is 610. The normalized spacial score (nSPS) is 16.6. The lowest BCUT2D eigenvalue weighted by Gasteiger charge is -2.32. The van der Waals surface area contributed by atoms with Crippen molar-refractivity contribution in [2.75, 3.05) is 32.8 Å². The first-order valence-corrected chi connectivity index (χ1v) is 8.97. The molecule has 0 aromatic heterocycles. The predicted molar refractivity (Wildman–Crippen MR) is 105 cm³/mol. The van der Waals surface area contributed by atoms with E-state index in [0.717, 1.165) is 29.7 Å². The Balaban J connectivity index is 0.00000338. The molecule has 2 amide bonds. The SMILES string of the molecule is Cc1ccc(C)c(OCCC(=O)N2CCCC(C(=O)NCCN)C2)c1.Cl. The average Bonchev–Trinajstić information content (AvgIpc) is 2.62. The number of carbonyl (C=O) groups is 2. The fraction of sp³-hybridized carbons (Fsp3) is 0.579. The number of hydrogen-bond donors (Lipinski definition) is 2. The molecule has 7 heteroatoms. The number of likely N-dealkylation sites (tertiary alicyclic amines) is 1. The predicted octanol–water partition coefficient (Wildman–Crippen LogP) is 1.81. The topological polar surface area (TPSA) is 84.7 Å². The summed E-state index contributed by atoms with van der Waals surface area (Å²) in [6.45, 7) is 6.46. The monoisotopic (exact) mass is 383 g/mol. The van der Waals surface area contributed by atoms with Crippen molar-refractivity contribution in [1.82, 2.24) is 10.2 Å². The van der Waals surface area contributed by atoms with Crippen molar-refractivity contribution in [3.8, 4) is 5.75 Å². The standard InChI is InChI=1S/C19H29N3O3.ClH/c1-14-5-6-15(2)17(12-14)25-11-7-18(23)22-10-3-4-16(13-22)19(24)21-9-8-20;/h5-6,12,16H,3-4,7-11,13,20H2,1-2H3,(H,21,24);1H. The molecule has 1 saturated heterocycles. The number of ether oxygens (including phenoxy) is 1. The Hall–Kier alpha value is -1.79. The lowest BCUT2D eigenvalue weighted by molar-refractivity contribution is -0.136. The summed E-state index contributed by atoms with van der Waals surface area (Å²) in [4.78, 5) is 26.3. The molecule has 2 rings (SSSR count). The first-order valence-electron chi connectivity index (χ1n) is 8.97. The maximum absolute atomic E-state index is 12.4. The van der Waals surface area contributed by atoms with E-state index in [1.165, 1.54) is 0 Å². The molecule has 1 aromatic carbocycles. The van der Waals surface area contributed by atoms with Crippen LogP contribution in [0, 0.1) is 19.8 Å². The third-order valence-corrected chi connectivity index (χ3v) is 4.51. The van der Waals surface area contributed by atoms with E-state index in [4.69, 9.17) is 10.5 Å². The number of nitrogens with two attached hydrogens (primary N) is 1. The molecule has 1 fully saturated rings. The molecule has 3 N–H and O–H groups in total. The Morgan fingerprint density at radius 3 is 2.85 bits per heavy atom. The van der Waals surface area contributed by atoms with Gasteiger partial charge >= 0.3 is 0 Å². The number of amides is 2. The van der Waals surface area contributed by atoms with Gasteiger partial charge in [0.05, 0.1) is 18.9 Å². The van der Waals surface area contributed by atoms with E-state index in [1.807, 2.05) is 32.0 Å². The maximum atomic E-state index is 12.4. The largest absolute Gasteiger partial charge is 0.493 e. The Morgan fingerprint density at radius 2 is 2.12 bits per heavy atom. The summed E-state index contributed by atoms with van der Waals surface area (Å²) in [5.74, 6) is 0.728. The van der Waals surface area contributed by atoms with Crippen molar-refractivity contribution in [3.63, 3.8) is 0 Å². The third-order valence-electron chi connectivity index (χ3n) is 4.51. The second kappa shape index (κ2) is 11.0. The third kappa shape index (κ3) is 6.50. The van der Waals surface area contributed by atoms with E-state index in [-0.39, 0.29) is 30.1 Å². The molecule has 6 nitrogen and oxygen atoms in total. The van der Waals surface area contributed by atoms with Crippen molar-refractivity contribution in [3.05, 3.63) is 29.3 Å². The van der Waals surface area contributed by atoms with Crippen LogP contribution in [0.5, 0.6) is 5.75 Å². The van der Waals surface area contributed by atoms with Crippen molar-refractivity contribution < 1.29 is 14.3 Å². The smallest absolute Gasteiger partial charge is 0.226 e. The molecule has 0 spiro atoms. The summed E-state index contributed by atoms with van der Waals surface area (Å²) in [5, 5.41) is 2.81. The molecule has 1 unspecified atom stereocenters. The van der Waals surface area contributed by atoms with E-state index in [9.17, 15) is 9.59 Å². The number of nitrogens with zero attached hydrogens (tertiary/aromatic N) is 1. The molecule has 0 aliphatic carbocycles. The minimum absolute atomic E-state index is 0. The number of benzene rings is 1. The van der Waals surface area contributed by atoms with Crippen molar-refractivity contribution >= 4 is 24.2 Å². The van der Waals surface area contributed by atoms with Crippen LogP contribution in [-0.2, 0) is 9.59 Å². The summed E-state index contributed by atoms with van der Waals surface area (Å²) in [7, 11) is 0. The van der Waals surface area contributed by atoms with Gasteiger partial charge in [-0.25, -0.2) is 0 Å². The first-order chi connectivity index (χ1) is 12.0. The Kier molecular flexibility index (Phi) is 9.44. The molecule has 1 aromatic rings. The van der Waals surface area contributed by atoms with Crippen LogP contribution in [0.1, 0.15) is 30.4 Å². The highest BCUT2D eigenvalue weighted by Crippen LogP contribution is 2.20. The number of nitrogens with one attached hydrogen (secondary N) is 1. The molecule has 0 saturated carbocycles. The minimum Gasteiger partial charge on any atom is -0.493 e. The minimum atomic E-state index is -0.135. The summed E-state index contributed by atoms with van der Waals surface area (Å²) in [5.41, 5.74) is 7.61. The number of hydrogen-bond acceptors (Lipinski definition) is 4. The van der Waals surface area contributed by atoms with Gasteiger partial charge in [-0.15, -0.1) is 12.4 Å². The zero-order chi connectivity index (χ0) is 18.2. The number of halogens is 1. The quantitative estimate of drug-likeness (QED) is 0.752. The average molecular weight is 384 g/mol. The molecule has 1 aliphatic heterocycles. The molecule has 1 heterocycles. The van der Waals surface area contributed by atoms with Gasteiger partial charge in [-0.3, -0.25) is 9.59 Å². The lowest BCUT2D eigenvalue weighted by atomic mass is 9.97. The van der Waals surface area contributed by atoms with Gasteiger partial charge in [0.2, 0.25) is 11.8 Å². The molecular formula is C19H30ClN3O3. The summed E-state index contributed by atoms with van der Waals surface area (Å²) in [6.07, 6.45) is 1.99. The molecule has 1 aliphatic rings. The van der Waals surface area contributed by atoms with Gasteiger partial charge in [0.25, 0.3) is 0 Å². The van der Waals surface area contributed by atoms with Gasteiger partial charge in [-0.2, -0.15) is 0 Å². The molecule has 0 bridgehead atoms. The van der Waals surface area contributed by atoms with Crippen LogP contribution in [-0.4, -0.2) is 49.5 Å². The van der Waals surface area contributed by atoms with Crippen molar-refractivity contribution in [2.24, 2.45) is 11.7 Å². The number of aryl methyl sites for hydroxylation is 2. The van der Waals surface area contributed by atoms with Crippen LogP contribution in [0.4, 0.5) is 0 Å². The number of rotatable bonds is 7. The zero-order valence-corrected chi connectivity index (χ0v) is 16.4. The fourth-order valence-electron chi connectivity index (χ4n) is 3.03. The Labute approximate surface area is 161 Å². The first kappa shape index (κ1) is 22.3. The lowest BCUT2D eigenvalue weighted by Crippen LogP contribution is -2.46. The number of piperidine rings is 1. The van der Waals surface area contributed by atoms with Crippen LogP contribution in [0.25, 0.3) is 0 Å². The molecular weight excluding hydrogens is 354 g/mol. The van der Waals surface area contributed by atoms with E-state index >= 15 is 0 Å². The molecule has 1 atom stereocenters. The second-order valence-corrected chi connectivity index (χ2v) is 6.63. The summed E-state index contributed by atoms with van der Waals surface area (Å²) in [6, 6.07) is 6.04. The van der Waals surface area contributed by atoms with E-state index in [1.54, 1.807) is 4.90 Å². The van der Waals surface area contributed by atoms with Crippen LogP contribution >= 0.6 is 12.4 Å². The molecule has 0 radical (unpaired) electrons. The Morgan fingerprint density at radius 1 is 1.35 bits per heavy atom. The highest BCUT2D eigenvalue weighted by molar-refractivity contribution is 5.85. The van der Waals surface area contributed by atoms with Crippen LogP contribution < -0.4 is 15.8 Å². The summed E-state index contributed by atoms with van der Waals surface area (Å²) < 4.78 is 5.77. The van der Waals surface area contributed by atoms with E-state index in [0.29, 0.717) is 39.2 Å². The van der Waals surface area contributed by atoms with Gasteiger partial charge in [0.15, 0.2) is 0 Å². The van der Waals surface area contributed by atoms with Crippen LogP contribution in [0.2, 0.25) is 0 Å². The number of carbonyl (C=O) groups excluding carboxylic acids is 2. The van der Waals surface area contributed by atoms with Crippen LogP contribution in [0.3, 0.4) is 0 Å². The van der Waals surface area contributed by atoms with Gasteiger partial charge < -0.3 is 20.7 Å². The van der Waals surface area contributed by atoms with Gasteiger partial charge in [0.1, 0.15) is 5.75 Å². The highest BCUT2D eigenvalue weighted by Gasteiger charge is 2.27. The van der Waals surface area contributed by atoms with Crippen molar-refractivity contribution in [1.29, 1.82) is 0 Å². The molecule has 26 heavy (non-hydrogen) atoms. The van der Waals surface area contributed by atoms with Crippen molar-refractivity contribution in [2.45, 2.75) is 33.1 Å². The van der Waals surface area contributed by atoms with Gasteiger partial charge in [-0.05, 0) is 43.9 Å². The van der Waals surface area contributed by atoms with Gasteiger partial charge in [-0.1, -0.05) is 12.1 Å². The summed E-state index contributed by atoms with van der Waals surface area (Å²) >= 11 is 0. The molecule has 146 valence electrons. The zero-order valence-electron chi connectivity index (χ0n) is 15.6.